The summed E-state index contributed by atoms with van der Waals surface area (Å²) in [6, 6.07) is 0. The van der Waals surface area contributed by atoms with Gasteiger partial charge in [-0.25, -0.2) is 0 Å². The highest BCUT2D eigenvalue weighted by Crippen LogP contribution is 2.08. The second kappa shape index (κ2) is 11.2. The number of hydrogen-bond donors (Lipinski definition) is 2. The molecule has 0 fully saturated rings. The predicted octanol–water partition coefficient (Wildman–Crippen LogP) is 2.57. The van der Waals surface area contributed by atoms with Crippen molar-refractivity contribution in [1.29, 1.82) is 0 Å². The van der Waals surface area contributed by atoms with Crippen molar-refractivity contribution in [2.24, 2.45) is 0 Å². The number of nitrogens with one attached hydrogen (secondary N) is 1. The largest absolute Gasteiger partial charge is 0.481 e. The van der Waals surface area contributed by atoms with E-state index in [0.29, 0.717) is 5.57 Å². The lowest BCUT2D eigenvalue weighted by atomic mass is 10.1. The molecule has 5 nitrogen and oxygen atoms in total. The van der Waals surface area contributed by atoms with Crippen LogP contribution in [-0.2, 0) is 9.59 Å². The molecule has 2 N–H and O–H groups in total. The molecule has 0 aliphatic heterocycles. The standard InChI is InChI=1S/C17H32N2O3/c1-15(2)17(22)18-12-8-6-5-7-9-13-19(3,4)14-10-11-16(20)21/h1,5-14H2,2-4H3,(H-,18,20,21,22)/p+1. The minimum Gasteiger partial charge on any atom is -0.481 e. The number of rotatable bonds is 13. The number of carboxylic acids is 1. The molecule has 0 aromatic rings. The van der Waals surface area contributed by atoms with E-state index in [1.165, 1.54) is 12.8 Å². The highest BCUT2D eigenvalue weighted by atomic mass is 16.4. The molecule has 0 unspecified atom stereocenters. The quantitative estimate of drug-likeness (QED) is 0.312. The number of carbonyl (C=O) groups is 2. The Morgan fingerprint density at radius 2 is 1.55 bits per heavy atom. The van der Waals surface area contributed by atoms with E-state index in [0.717, 1.165) is 49.8 Å². The highest BCUT2D eigenvalue weighted by Gasteiger charge is 2.14. The van der Waals surface area contributed by atoms with Gasteiger partial charge >= 0.3 is 5.97 Å². The fourth-order valence-corrected chi connectivity index (χ4v) is 2.32. The van der Waals surface area contributed by atoms with Crippen LogP contribution < -0.4 is 5.32 Å². The SMILES string of the molecule is C=C(C)C(=O)NCCCCCCC[N+](C)(C)CCCC(=O)O. The first-order chi connectivity index (χ1) is 10.2. The van der Waals surface area contributed by atoms with Gasteiger partial charge in [0, 0.05) is 18.5 Å². The van der Waals surface area contributed by atoms with E-state index in [9.17, 15) is 9.59 Å². The van der Waals surface area contributed by atoms with Crippen LogP contribution >= 0.6 is 0 Å². The minimum absolute atomic E-state index is 0.0552. The number of amides is 1. The van der Waals surface area contributed by atoms with Crippen molar-refractivity contribution in [3.05, 3.63) is 12.2 Å². The summed E-state index contributed by atoms with van der Waals surface area (Å²) in [5, 5.41) is 11.5. The zero-order chi connectivity index (χ0) is 17.0. The average Bonchev–Trinajstić information content (AvgIpc) is 2.40. The molecular formula is C17H33N2O3+. The maximum absolute atomic E-state index is 11.3. The molecule has 0 heterocycles. The van der Waals surface area contributed by atoms with Gasteiger partial charge in [0.05, 0.1) is 33.6 Å². The first-order valence-electron chi connectivity index (χ1n) is 8.22. The predicted molar refractivity (Wildman–Crippen MR) is 89.6 cm³/mol. The van der Waals surface area contributed by atoms with E-state index in [1.807, 2.05) is 0 Å². The summed E-state index contributed by atoms with van der Waals surface area (Å²) < 4.78 is 0.891. The lowest BCUT2D eigenvalue weighted by Gasteiger charge is -2.29. The molecule has 0 aliphatic rings. The van der Waals surface area contributed by atoms with Gasteiger partial charge in [-0.2, -0.15) is 0 Å². The summed E-state index contributed by atoms with van der Waals surface area (Å²) in [6.07, 6.45) is 6.67. The highest BCUT2D eigenvalue weighted by molar-refractivity contribution is 5.91. The fourth-order valence-electron chi connectivity index (χ4n) is 2.32. The second-order valence-corrected chi connectivity index (χ2v) is 6.68. The number of unbranched alkanes of at least 4 members (excludes halogenated alkanes) is 4. The van der Waals surface area contributed by atoms with Gasteiger partial charge in [-0.05, 0) is 26.2 Å². The number of carboxylic acid groups (broad SMARTS) is 1. The van der Waals surface area contributed by atoms with Gasteiger partial charge in [-0.1, -0.05) is 19.4 Å². The smallest absolute Gasteiger partial charge is 0.303 e. The summed E-state index contributed by atoms with van der Waals surface area (Å²) >= 11 is 0. The van der Waals surface area contributed by atoms with Gasteiger partial charge in [0.2, 0.25) is 5.91 Å². The van der Waals surface area contributed by atoms with Crippen LogP contribution in [0, 0.1) is 0 Å². The second-order valence-electron chi connectivity index (χ2n) is 6.68. The Balaban J connectivity index is 3.50. The van der Waals surface area contributed by atoms with E-state index in [2.05, 4.69) is 26.0 Å². The van der Waals surface area contributed by atoms with Crippen molar-refractivity contribution >= 4 is 11.9 Å². The van der Waals surface area contributed by atoms with Gasteiger partial charge < -0.3 is 14.9 Å². The van der Waals surface area contributed by atoms with Gasteiger partial charge in [-0.15, -0.1) is 0 Å². The van der Waals surface area contributed by atoms with Crippen molar-refractivity contribution in [2.75, 3.05) is 33.7 Å². The van der Waals surface area contributed by atoms with E-state index >= 15 is 0 Å². The fraction of sp³-hybridized carbons (Fsp3) is 0.765. The number of nitrogens with zero attached hydrogens (tertiary/aromatic N) is 1. The maximum atomic E-state index is 11.3. The number of carbonyl (C=O) groups excluding carboxylic acids is 1. The van der Waals surface area contributed by atoms with E-state index < -0.39 is 5.97 Å². The Morgan fingerprint density at radius 3 is 2.14 bits per heavy atom. The molecule has 0 aromatic carbocycles. The maximum Gasteiger partial charge on any atom is 0.303 e. The number of aliphatic carboxylic acids is 1. The Kier molecular flexibility index (Phi) is 10.5. The molecule has 0 bridgehead atoms. The third kappa shape index (κ3) is 12.4. The normalized spacial score (nSPS) is 11.2. The van der Waals surface area contributed by atoms with Crippen LogP contribution in [0.1, 0.15) is 51.9 Å². The first kappa shape index (κ1) is 20.6. The summed E-state index contributed by atoms with van der Waals surface area (Å²) in [7, 11) is 4.32. The summed E-state index contributed by atoms with van der Waals surface area (Å²) in [6.45, 7) is 8.05. The molecule has 1 amide bonds. The minimum atomic E-state index is -0.710. The van der Waals surface area contributed by atoms with Crippen molar-refractivity contribution in [2.45, 2.75) is 51.9 Å². The number of quaternary nitrogens is 1. The Bertz CT molecular complexity index is 365. The monoisotopic (exact) mass is 313 g/mol. The van der Waals surface area contributed by atoms with Gasteiger partial charge in [0.1, 0.15) is 0 Å². The molecule has 5 heteroatoms. The van der Waals surface area contributed by atoms with Gasteiger partial charge in [-0.3, -0.25) is 9.59 Å². The molecule has 0 radical (unpaired) electrons. The molecule has 0 saturated carbocycles. The Hall–Kier alpha value is -1.36. The third-order valence-corrected chi connectivity index (χ3v) is 3.77. The molecule has 0 aromatic heterocycles. The summed E-state index contributed by atoms with van der Waals surface area (Å²) in [4.78, 5) is 21.8. The topological polar surface area (TPSA) is 66.4 Å². The third-order valence-electron chi connectivity index (χ3n) is 3.77. The lowest BCUT2D eigenvalue weighted by molar-refractivity contribution is -0.890. The van der Waals surface area contributed by atoms with Gasteiger partial charge in [0.15, 0.2) is 0 Å². The summed E-state index contributed by atoms with van der Waals surface area (Å²) in [5.41, 5.74) is 0.558. The zero-order valence-corrected chi connectivity index (χ0v) is 14.5. The lowest BCUT2D eigenvalue weighted by Crippen LogP contribution is -2.41. The van der Waals surface area contributed by atoms with Crippen molar-refractivity contribution < 1.29 is 19.2 Å². The molecular weight excluding hydrogens is 280 g/mol. The number of hydrogen-bond acceptors (Lipinski definition) is 2. The van der Waals surface area contributed by atoms with Crippen LogP contribution in [0.2, 0.25) is 0 Å². The molecule has 22 heavy (non-hydrogen) atoms. The molecule has 0 spiro atoms. The van der Waals surface area contributed by atoms with Crippen molar-refractivity contribution in [3.63, 3.8) is 0 Å². The first-order valence-corrected chi connectivity index (χ1v) is 8.22. The van der Waals surface area contributed by atoms with Crippen LogP contribution in [-0.4, -0.2) is 55.2 Å². The zero-order valence-electron chi connectivity index (χ0n) is 14.5. The van der Waals surface area contributed by atoms with E-state index in [4.69, 9.17) is 5.11 Å². The van der Waals surface area contributed by atoms with Crippen LogP contribution in [0.5, 0.6) is 0 Å². The van der Waals surface area contributed by atoms with E-state index in [-0.39, 0.29) is 12.3 Å². The van der Waals surface area contributed by atoms with Crippen molar-refractivity contribution in [1.82, 2.24) is 5.32 Å². The van der Waals surface area contributed by atoms with Crippen LogP contribution in [0.25, 0.3) is 0 Å². The average molecular weight is 313 g/mol. The molecule has 0 atom stereocenters. The van der Waals surface area contributed by atoms with Crippen LogP contribution in [0.15, 0.2) is 12.2 Å². The van der Waals surface area contributed by atoms with Crippen LogP contribution in [0.4, 0.5) is 0 Å². The van der Waals surface area contributed by atoms with Gasteiger partial charge in [0.25, 0.3) is 0 Å². The molecule has 128 valence electrons. The Morgan fingerprint density at radius 1 is 1.00 bits per heavy atom. The Labute approximate surface area is 135 Å². The van der Waals surface area contributed by atoms with E-state index in [1.54, 1.807) is 6.92 Å². The van der Waals surface area contributed by atoms with Crippen LogP contribution in [0.3, 0.4) is 0 Å². The molecule has 0 saturated heterocycles. The van der Waals surface area contributed by atoms with Crippen molar-refractivity contribution in [3.8, 4) is 0 Å². The molecule has 0 aliphatic carbocycles. The summed E-state index contributed by atoms with van der Waals surface area (Å²) in [5.74, 6) is -0.765. The molecule has 0 rings (SSSR count).